The normalized spacial score (nSPS) is 24.9. The summed E-state index contributed by atoms with van der Waals surface area (Å²) in [5, 5.41) is 15.9. The Hall–Kier alpha value is -5.22. The Morgan fingerprint density at radius 2 is 1.58 bits per heavy atom. The number of aliphatic imine (C=N–C) groups is 2. The molecular formula is C46H60N8O8. The quantitative estimate of drug-likeness (QED) is 0.130. The molecule has 4 fully saturated rings. The zero-order valence-electron chi connectivity index (χ0n) is 35.6. The Kier molecular flexibility index (Phi) is 12.7. The third-order valence-corrected chi connectivity index (χ3v) is 14.1. The summed E-state index contributed by atoms with van der Waals surface area (Å²) in [7, 11) is 1.32. The van der Waals surface area contributed by atoms with Crippen LogP contribution in [0, 0.1) is 11.8 Å². The van der Waals surface area contributed by atoms with Gasteiger partial charge in [0.15, 0.2) is 0 Å². The molecule has 0 bridgehead atoms. The van der Waals surface area contributed by atoms with Crippen molar-refractivity contribution >= 4 is 36.0 Å². The lowest BCUT2D eigenvalue weighted by molar-refractivity contribution is -0.135. The second kappa shape index (κ2) is 18.6. The van der Waals surface area contributed by atoms with Crippen LogP contribution in [0.1, 0.15) is 105 Å². The number of methoxy groups -OCH3 is 1. The van der Waals surface area contributed by atoms with E-state index in [1.807, 2.05) is 4.90 Å². The SMILES string of the molecule is COC(=O)N[C@H](C(=O)N1CCC[C@H]1C1=NCC(c2ccc3c(c2)C2(CC2)c2ccc(C4CN=C(CCCCNC(=O)[C@@H](NC=O)C5CCOCC5)N4)cc2O3)N1)C1CCOCC1. The van der Waals surface area contributed by atoms with E-state index in [-0.39, 0.29) is 47.2 Å². The van der Waals surface area contributed by atoms with Crippen LogP contribution in [0.5, 0.6) is 11.5 Å². The Bertz CT molecular complexity index is 2060. The van der Waals surface area contributed by atoms with E-state index in [4.69, 9.17) is 28.9 Å². The molecule has 0 aromatic heterocycles. The molecular weight excluding hydrogens is 793 g/mol. The standard InChI is InChI=1S/C46H60N8O8/c1-59-45(58)53-41(29-13-21-61-22-14-29)44(57)54-18-4-5-36(54)42-49-26-35(52-42)30-8-10-37-33(23-30)46(15-16-46)32-9-7-31(24-38(32)62-37)34-25-48-39(51-34)6-2-3-17-47-43(56)40(50-27-55)28-11-19-60-20-12-28/h7-10,23-24,27-29,34-36,40-41H,2-6,11-22,25-26H2,1H3,(H,47,56)(H,48,51)(H,49,52)(H,50,55)(H,53,58)/t34?,35?,36-,40-,41-/m0/s1. The van der Waals surface area contributed by atoms with Crippen LogP contribution in [0.2, 0.25) is 0 Å². The minimum absolute atomic E-state index is 0.0143. The van der Waals surface area contributed by atoms with Crippen LogP contribution in [-0.2, 0) is 34.0 Å². The number of hydrogen-bond donors (Lipinski definition) is 5. The number of hydrogen-bond acceptors (Lipinski definition) is 12. The van der Waals surface area contributed by atoms with Crippen molar-refractivity contribution in [2.24, 2.45) is 21.8 Å². The Labute approximate surface area is 362 Å². The molecule has 3 saturated heterocycles. The van der Waals surface area contributed by atoms with Gasteiger partial charge in [-0.25, -0.2) is 4.79 Å². The Balaban J connectivity index is 0.781. The lowest BCUT2D eigenvalue weighted by Gasteiger charge is -2.34. The average molecular weight is 853 g/mol. The van der Waals surface area contributed by atoms with E-state index >= 15 is 0 Å². The number of unbranched alkanes of at least 4 members (excludes halogenated alkanes) is 1. The van der Waals surface area contributed by atoms with E-state index in [1.165, 1.54) is 18.2 Å². The predicted molar refractivity (Wildman–Crippen MR) is 230 cm³/mol. The first-order chi connectivity index (χ1) is 30.3. The molecule has 7 aliphatic rings. The number of carbonyl (C=O) groups is 4. The van der Waals surface area contributed by atoms with Gasteiger partial charge in [0.25, 0.3) is 0 Å². The average Bonchev–Trinajstić information content (AvgIpc) is 3.65. The first kappa shape index (κ1) is 42.1. The molecule has 5 N–H and O–H groups in total. The van der Waals surface area contributed by atoms with Gasteiger partial charge in [0.05, 0.1) is 44.2 Å². The van der Waals surface area contributed by atoms with Crippen LogP contribution in [-0.4, -0.2) is 119 Å². The van der Waals surface area contributed by atoms with Gasteiger partial charge in [-0.3, -0.25) is 24.4 Å². The molecule has 16 heteroatoms. The zero-order chi connectivity index (χ0) is 42.6. The summed E-state index contributed by atoms with van der Waals surface area (Å²) in [4.78, 5) is 62.1. The highest BCUT2D eigenvalue weighted by atomic mass is 16.5. The Morgan fingerprint density at radius 1 is 0.871 bits per heavy atom. The molecule has 4 amide bonds. The van der Waals surface area contributed by atoms with Crippen LogP contribution in [0.25, 0.3) is 0 Å². The molecule has 1 saturated carbocycles. The highest BCUT2D eigenvalue weighted by Crippen LogP contribution is 2.62. The summed E-state index contributed by atoms with van der Waals surface area (Å²) in [6, 6.07) is 11.9. The molecule has 9 rings (SSSR count). The molecule has 0 radical (unpaired) electrons. The third-order valence-electron chi connectivity index (χ3n) is 14.1. The van der Waals surface area contributed by atoms with E-state index in [0.29, 0.717) is 71.9 Å². The number of alkyl carbamates (subject to hydrolysis) is 1. The summed E-state index contributed by atoms with van der Waals surface area (Å²) >= 11 is 0. The van der Waals surface area contributed by atoms with Gasteiger partial charge < -0.3 is 50.4 Å². The number of likely N-dealkylation sites (tertiary alicyclic amines) is 1. The smallest absolute Gasteiger partial charge is 0.407 e. The summed E-state index contributed by atoms with van der Waals surface area (Å²) < 4.78 is 22.5. The number of amidine groups is 2. The fraction of sp³-hybridized carbons (Fsp3) is 0.609. The first-order valence-electron chi connectivity index (χ1n) is 22.7. The maximum atomic E-state index is 14.1. The molecule has 6 heterocycles. The van der Waals surface area contributed by atoms with Crippen molar-refractivity contribution in [3.8, 4) is 11.5 Å². The lowest BCUT2D eigenvalue weighted by atomic mass is 9.82. The van der Waals surface area contributed by atoms with Gasteiger partial charge >= 0.3 is 6.09 Å². The summed E-state index contributed by atoms with van der Waals surface area (Å²) in [6.07, 6.45) is 9.26. The van der Waals surface area contributed by atoms with Crippen molar-refractivity contribution in [1.29, 1.82) is 0 Å². The number of amides is 4. The van der Waals surface area contributed by atoms with Gasteiger partial charge in [0.2, 0.25) is 18.2 Å². The largest absolute Gasteiger partial charge is 0.457 e. The number of benzene rings is 2. The fourth-order valence-electron chi connectivity index (χ4n) is 10.5. The van der Waals surface area contributed by atoms with Gasteiger partial charge in [0.1, 0.15) is 29.4 Å². The van der Waals surface area contributed by atoms with Crippen molar-refractivity contribution in [2.75, 3.05) is 59.7 Å². The van der Waals surface area contributed by atoms with Gasteiger partial charge in [0, 0.05) is 62.5 Å². The number of carbonyl (C=O) groups excluding carboxylic acids is 4. The zero-order valence-corrected chi connectivity index (χ0v) is 35.6. The molecule has 1 aliphatic carbocycles. The molecule has 5 atom stereocenters. The van der Waals surface area contributed by atoms with E-state index in [0.717, 1.165) is 92.1 Å². The van der Waals surface area contributed by atoms with Crippen molar-refractivity contribution in [3.05, 3.63) is 58.7 Å². The molecule has 2 aromatic rings. The lowest BCUT2D eigenvalue weighted by Crippen LogP contribution is -2.56. The monoisotopic (exact) mass is 852 g/mol. The summed E-state index contributed by atoms with van der Waals surface area (Å²) in [5.41, 5.74) is 4.67. The van der Waals surface area contributed by atoms with E-state index in [2.05, 4.69) is 63.0 Å². The highest BCUT2D eigenvalue weighted by molar-refractivity contribution is 5.95. The molecule has 16 nitrogen and oxygen atoms in total. The maximum Gasteiger partial charge on any atom is 0.407 e. The predicted octanol–water partition coefficient (Wildman–Crippen LogP) is 3.93. The van der Waals surface area contributed by atoms with Crippen molar-refractivity contribution in [3.63, 3.8) is 0 Å². The summed E-state index contributed by atoms with van der Waals surface area (Å²) in [5.74, 6) is 3.48. The van der Waals surface area contributed by atoms with Crippen molar-refractivity contribution in [1.82, 2.24) is 31.5 Å². The van der Waals surface area contributed by atoms with Crippen LogP contribution >= 0.6 is 0 Å². The highest BCUT2D eigenvalue weighted by Gasteiger charge is 2.52. The fourth-order valence-corrected chi connectivity index (χ4v) is 10.5. The third kappa shape index (κ3) is 8.72. The van der Waals surface area contributed by atoms with Crippen LogP contribution in [0.4, 0.5) is 4.79 Å². The molecule has 62 heavy (non-hydrogen) atoms. The summed E-state index contributed by atoms with van der Waals surface area (Å²) in [6.45, 7) is 4.77. The van der Waals surface area contributed by atoms with E-state index in [1.54, 1.807) is 0 Å². The molecule has 6 aliphatic heterocycles. The molecule has 2 aromatic carbocycles. The van der Waals surface area contributed by atoms with E-state index in [9.17, 15) is 19.2 Å². The molecule has 2 unspecified atom stereocenters. The number of fused-ring (bicyclic) bond motifs is 4. The van der Waals surface area contributed by atoms with E-state index < -0.39 is 18.2 Å². The van der Waals surface area contributed by atoms with Gasteiger partial charge in [-0.15, -0.1) is 0 Å². The van der Waals surface area contributed by atoms with Crippen molar-refractivity contribution in [2.45, 2.75) is 106 Å². The topological polar surface area (TPSA) is 193 Å². The van der Waals surface area contributed by atoms with Crippen molar-refractivity contribution < 1.29 is 38.1 Å². The second-order valence-electron chi connectivity index (χ2n) is 17.8. The van der Waals surface area contributed by atoms with Crippen LogP contribution in [0.3, 0.4) is 0 Å². The molecule has 332 valence electrons. The van der Waals surface area contributed by atoms with Gasteiger partial charge in [-0.05, 0) is 105 Å². The number of nitrogens with zero attached hydrogens (tertiary/aromatic N) is 3. The van der Waals surface area contributed by atoms with Crippen LogP contribution in [0.15, 0.2) is 46.4 Å². The minimum atomic E-state index is -0.668. The Morgan fingerprint density at radius 3 is 2.32 bits per heavy atom. The molecule has 1 spiro atoms. The van der Waals surface area contributed by atoms with Gasteiger partial charge in [-0.1, -0.05) is 18.2 Å². The second-order valence-corrected chi connectivity index (χ2v) is 17.8. The first-order valence-corrected chi connectivity index (χ1v) is 22.7. The number of ether oxygens (including phenoxy) is 4. The minimum Gasteiger partial charge on any atom is -0.457 e. The number of nitrogens with one attached hydrogen (secondary N) is 5. The number of rotatable bonds is 15. The van der Waals surface area contributed by atoms with Crippen LogP contribution < -0.4 is 31.3 Å². The van der Waals surface area contributed by atoms with Gasteiger partial charge in [-0.2, -0.15) is 0 Å². The maximum absolute atomic E-state index is 14.1.